The number of carbonyl (C=O) groups is 3. The van der Waals surface area contributed by atoms with Gasteiger partial charge in [0.05, 0.1) is 21.3 Å². The maximum absolute atomic E-state index is 12.3. The zero-order chi connectivity index (χ0) is 24.0. The van der Waals surface area contributed by atoms with Crippen molar-refractivity contribution < 1.29 is 24.4 Å². The molecule has 0 aliphatic heterocycles. The van der Waals surface area contributed by atoms with Crippen LogP contribution in [-0.4, -0.2) is 33.6 Å². The third kappa shape index (κ3) is 6.55. The quantitative estimate of drug-likeness (QED) is 0.233. The monoisotopic (exact) mass is 485 g/mol. The molecule has 0 heterocycles. The van der Waals surface area contributed by atoms with E-state index in [1.54, 1.807) is 24.3 Å². The van der Waals surface area contributed by atoms with Crippen LogP contribution in [0.25, 0.3) is 0 Å². The summed E-state index contributed by atoms with van der Waals surface area (Å²) < 4.78 is 0. The van der Waals surface area contributed by atoms with Crippen molar-refractivity contribution in [1.82, 2.24) is 0 Å². The summed E-state index contributed by atoms with van der Waals surface area (Å²) in [5.41, 5.74) is 0.687. The van der Waals surface area contributed by atoms with Crippen LogP contribution in [0.15, 0.2) is 71.6 Å². The number of halogens is 1. The number of nitro benzene ring substituents is 1. The lowest BCUT2D eigenvalue weighted by Crippen LogP contribution is -2.14. The molecule has 2 amide bonds. The maximum atomic E-state index is 12.3. The number of anilines is 2. The van der Waals surface area contributed by atoms with Gasteiger partial charge in [0.25, 0.3) is 11.6 Å². The number of amides is 2. The number of nitro groups is 1. The summed E-state index contributed by atoms with van der Waals surface area (Å²) in [6, 6.07) is 16.3. The van der Waals surface area contributed by atoms with Gasteiger partial charge in [0.1, 0.15) is 0 Å². The van der Waals surface area contributed by atoms with Crippen LogP contribution < -0.4 is 10.6 Å². The Hall–Kier alpha value is -3.89. The summed E-state index contributed by atoms with van der Waals surface area (Å²) in [7, 11) is 0. The molecule has 0 radical (unpaired) electrons. The number of non-ortho nitro benzene ring substituents is 1. The van der Waals surface area contributed by atoms with E-state index in [4.69, 9.17) is 16.7 Å². The number of nitrogens with zero attached hydrogens (tertiary/aromatic N) is 1. The van der Waals surface area contributed by atoms with Gasteiger partial charge in [-0.3, -0.25) is 19.7 Å². The fraction of sp³-hybridized carbons (Fsp3) is 0.0455. The van der Waals surface area contributed by atoms with Crippen LogP contribution in [0.4, 0.5) is 17.1 Å². The first-order valence-electron chi connectivity index (χ1n) is 9.34. The molecule has 0 spiro atoms. The number of aromatic carboxylic acids is 1. The predicted octanol–water partition coefficient (Wildman–Crippen LogP) is 4.93. The van der Waals surface area contributed by atoms with Crippen LogP contribution in [0.5, 0.6) is 0 Å². The van der Waals surface area contributed by atoms with Crippen molar-refractivity contribution in [2.24, 2.45) is 0 Å². The lowest BCUT2D eigenvalue weighted by Gasteiger charge is -2.08. The standard InChI is InChI=1S/C22H16ClN3O6S/c23-19-9-6-15(11-18(19)22(29)30)24-20(27)12-33-17-7-4-14(5-8-17)25-21(28)13-2-1-3-16(10-13)26(31)32/h1-11H,12H2,(H,24,27)(H,25,28)(H,29,30). The SMILES string of the molecule is O=C(CSc1ccc(NC(=O)c2cccc([N+](=O)[O-])c2)cc1)Nc1ccc(Cl)c(C(=O)O)c1. The van der Waals surface area contributed by atoms with Gasteiger partial charge in [-0.15, -0.1) is 11.8 Å². The molecular weight excluding hydrogens is 470 g/mol. The number of hydrogen-bond acceptors (Lipinski definition) is 6. The van der Waals surface area contributed by atoms with E-state index in [-0.39, 0.29) is 33.5 Å². The normalized spacial score (nSPS) is 10.3. The Labute approximate surface area is 196 Å². The van der Waals surface area contributed by atoms with Crippen molar-refractivity contribution in [3.05, 3.63) is 93.0 Å². The highest BCUT2D eigenvalue weighted by Crippen LogP contribution is 2.23. The molecule has 3 aromatic rings. The third-order valence-corrected chi connectivity index (χ3v) is 5.62. The predicted molar refractivity (Wildman–Crippen MR) is 125 cm³/mol. The number of rotatable bonds is 8. The Morgan fingerprint density at radius 2 is 1.67 bits per heavy atom. The Bertz CT molecular complexity index is 1230. The Kier molecular flexibility index (Phi) is 7.65. The minimum absolute atomic E-state index is 0.0738. The van der Waals surface area contributed by atoms with E-state index >= 15 is 0 Å². The Morgan fingerprint density at radius 1 is 0.970 bits per heavy atom. The van der Waals surface area contributed by atoms with Gasteiger partial charge in [-0.05, 0) is 48.5 Å². The van der Waals surface area contributed by atoms with Gasteiger partial charge >= 0.3 is 5.97 Å². The first-order chi connectivity index (χ1) is 15.7. The molecule has 0 saturated carbocycles. The van der Waals surface area contributed by atoms with E-state index in [0.29, 0.717) is 11.4 Å². The molecule has 0 unspecified atom stereocenters. The third-order valence-electron chi connectivity index (χ3n) is 4.28. The zero-order valence-electron chi connectivity index (χ0n) is 16.8. The average molecular weight is 486 g/mol. The number of nitrogens with one attached hydrogen (secondary N) is 2. The molecule has 0 atom stereocenters. The molecule has 0 saturated heterocycles. The van der Waals surface area contributed by atoms with Gasteiger partial charge in [-0.2, -0.15) is 0 Å². The molecule has 3 aromatic carbocycles. The molecule has 3 N–H and O–H groups in total. The number of carboxylic acid groups (broad SMARTS) is 1. The highest BCUT2D eigenvalue weighted by Gasteiger charge is 2.13. The van der Waals surface area contributed by atoms with Gasteiger partial charge < -0.3 is 15.7 Å². The number of carboxylic acids is 1. The van der Waals surface area contributed by atoms with Crippen LogP contribution in [0.1, 0.15) is 20.7 Å². The van der Waals surface area contributed by atoms with E-state index in [2.05, 4.69) is 10.6 Å². The second kappa shape index (κ2) is 10.6. The van der Waals surface area contributed by atoms with E-state index in [9.17, 15) is 24.5 Å². The second-order valence-corrected chi connectivity index (χ2v) is 8.08. The summed E-state index contributed by atoms with van der Waals surface area (Å²) in [6.07, 6.45) is 0. The maximum Gasteiger partial charge on any atom is 0.337 e. The Balaban J connectivity index is 1.54. The van der Waals surface area contributed by atoms with Crippen molar-refractivity contribution in [2.75, 3.05) is 16.4 Å². The van der Waals surface area contributed by atoms with Crippen LogP contribution >= 0.6 is 23.4 Å². The van der Waals surface area contributed by atoms with Crippen molar-refractivity contribution in [3.8, 4) is 0 Å². The highest BCUT2D eigenvalue weighted by molar-refractivity contribution is 8.00. The van der Waals surface area contributed by atoms with E-state index in [0.717, 1.165) is 4.90 Å². The molecular formula is C22H16ClN3O6S. The number of hydrogen-bond donors (Lipinski definition) is 3. The van der Waals surface area contributed by atoms with Crippen molar-refractivity contribution >= 4 is 58.2 Å². The minimum atomic E-state index is -1.19. The fourth-order valence-corrected chi connectivity index (χ4v) is 3.61. The number of thioether (sulfide) groups is 1. The minimum Gasteiger partial charge on any atom is -0.478 e. The van der Waals surface area contributed by atoms with E-state index in [1.807, 2.05) is 0 Å². The van der Waals surface area contributed by atoms with Crippen molar-refractivity contribution in [3.63, 3.8) is 0 Å². The van der Waals surface area contributed by atoms with Gasteiger partial charge in [0.15, 0.2) is 0 Å². The Morgan fingerprint density at radius 3 is 2.33 bits per heavy atom. The largest absolute Gasteiger partial charge is 0.478 e. The summed E-state index contributed by atoms with van der Waals surface area (Å²) in [6.45, 7) is 0. The highest BCUT2D eigenvalue weighted by atomic mass is 35.5. The number of carbonyl (C=O) groups excluding carboxylic acids is 2. The van der Waals surface area contributed by atoms with E-state index in [1.165, 1.54) is 54.2 Å². The molecule has 33 heavy (non-hydrogen) atoms. The topological polar surface area (TPSA) is 139 Å². The summed E-state index contributed by atoms with van der Waals surface area (Å²) in [4.78, 5) is 46.7. The molecule has 168 valence electrons. The average Bonchev–Trinajstić information content (AvgIpc) is 2.79. The van der Waals surface area contributed by atoms with Crippen LogP contribution in [-0.2, 0) is 4.79 Å². The summed E-state index contributed by atoms with van der Waals surface area (Å²) in [5.74, 6) is -1.93. The fourth-order valence-electron chi connectivity index (χ4n) is 2.71. The second-order valence-electron chi connectivity index (χ2n) is 6.62. The van der Waals surface area contributed by atoms with Crippen LogP contribution in [0.3, 0.4) is 0 Å². The molecule has 0 bridgehead atoms. The number of benzene rings is 3. The van der Waals surface area contributed by atoms with Gasteiger partial charge in [-0.25, -0.2) is 4.79 Å². The van der Waals surface area contributed by atoms with Crippen molar-refractivity contribution in [2.45, 2.75) is 4.90 Å². The van der Waals surface area contributed by atoms with Gasteiger partial charge in [0, 0.05) is 34.0 Å². The van der Waals surface area contributed by atoms with E-state index < -0.39 is 16.8 Å². The lowest BCUT2D eigenvalue weighted by molar-refractivity contribution is -0.384. The van der Waals surface area contributed by atoms with Crippen LogP contribution in [0.2, 0.25) is 5.02 Å². The molecule has 0 aliphatic carbocycles. The van der Waals surface area contributed by atoms with Gasteiger partial charge in [0.2, 0.25) is 5.91 Å². The lowest BCUT2D eigenvalue weighted by atomic mass is 10.2. The molecule has 0 aromatic heterocycles. The molecule has 9 nitrogen and oxygen atoms in total. The smallest absolute Gasteiger partial charge is 0.337 e. The van der Waals surface area contributed by atoms with Crippen LogP contribution in [0, 0.1) is 10.1 Å². The first kappa shape index (κ1) is 23.8. The molecule has 3 rings (SSSR count). The molecule has 0 fully saturated rings. The molecule has 0 aliphatic rings. The first-order valence-corrected chi connectivity index (χ1v) is 10.7. The summed E-state index contributed by atoms with van der Waals surface area (Å²) >= 11 is 7.07. The van der Waals surface area contributed by atoms with Crippen molar-refractivity contribution in [1.29, 1.82) is 0 Å². The summed E-state index contributed by atoms with van der Waals surface area (Å²) in [5, 5.41) is 25.3. The molecule has 11 heteroatoms. The van der Waals surface area contributed by atoms with Gasteiger partial charge in [-0.1, -0.05) is 17.7 Å². The zero-order valence-corrected chi connectivity index (χ0v) is 18.4.